The van der Waals surface area contributed by atoms with Crippen LogP contribution in [0.1, 0.15) is 35.3 Å². The topological polar surface area (TPSA) is 49.5 Å². The third kappa shape index (κ3) is 3.72. The van der Waals surface area contributed by atoms with E-state index in [1.807, 2.05) is 41.9 Å². The van der Waals surface area contributed by atoms with Gasteiger partial charge in [-0.1, -0.05) is 12.1 Å². The molecule has 0 amide bonds. The average Bonchev–Trinajstić information content (AvgIpc) is 3.38. The lowest BCUT2D eigenvalue weighted by molar-refractivity contribution is 0.0586. The number of aromatic nitrogens is 1. The first-order valence-corrected chi connectivity index (χ1v) is 10.4. The second kappa shape index (κ2) is 7.41. The highest BCUT2D eigenvalue weighted by Crippen LogP contribution is 2.33. The van der Waals surface area contributed by atoms with Crippen LogP contribution in [-0.2, 0) is 6.54 Å². The molecule has 1 aliphatic rings. The molecule has 4 nitrogen and oxygen atoms in total. The van der Waals surface area contributed by atoms with Crippen molar-refractivity contribution in [2.75, 3.05) is 13.1 Å². The first-order valence-electron chi connectivity index (χ1n) is 8.64. The Morgan fingerprint density at radius 3 is 2.68 bits per heavy atom. The quantitative estimate of drug-likeness (QED) is 0.702. The largest absolute Gasteiger partial charge is 0.440 e. The molecule has 132 valence electrons. The molecule has 1 atom stereocenters. The number of piperidine rings is 1. The second-order valence-corrected chi connectivity index (χ2v) is 8.50. The summed E-state index contributed by atoms with van der Waals surface area (Å²) in [5.41, 5.74) is 1.03. The van der Waals surface area contributed by atoms with E-state index < -0.39 is 0 Å². The summed E-state index contributed by atoms with van der Waals surface area (Å²) in [6.07, 6.45) is 1.72. The summed E-state index contributed by atoms with van der Waals surface area (Å²) in [6.45, 7) is 4.80. The zero-order valence-corrected chi connectivity index (χ0v) is 15.9. The van der Waals surface area contributed by atoms with Gasteiger partial charge in [-0.3, -0.25) is 4.90 Å². The summed E-state index contributed by atoms with van der Waals surface area (Å²) < 4.78 is 5.84. The molecule has 0 radical (unpaired) electrons. The molecule has 0 aromatic carbocycles. The predicted octanol–water partition coefficient (Wildman–Crippen LogP) is 4.72. The van der Waals surface area contributed by atoms with Crippen LogP contribution in [0, 0.1) is 12.8 Å². The third-order valence-corrected chi connectivity index (χ3v) is 6.71. The van der Waals surface area contributed by atoms with Gasteiger partial charge in [0.15, 0.2) is 0 Å². The van der Waals surface area contributed by atoms with Gasteiger partial charge in [0, 0.05) is 11.4 Å². The van der Waals surface area contributed by atoms with Gasteiger partial charge in [-0.25, -0.2) is 4.98 Å². The Labute approximate surface area is 155 Å². The number of hydrogen-bond acceptors (Lipinski definition) is 6. The van der Waals surface area contributed by atoms with Crippen molar-refractivity contribution in [2.45, 2.75) is 32.4 Å². The average molecular weight is 375 g/mol. The van der Waals surface area contributed by atoms with Crippen LogP contribution < -0.4 is 0 Å². The molecule has 4 heterocycles. The Hall–Kier alpha value is -1.47. The summed E-state index contributed by atoms with van der Waals surface area (Å²) in [5, 5.41) is 14.6. The molecular weight excluding hydrogens is 352 g/mol. The van der Waals surface area contributed by atoms with Gasteiger partial charge in [-0.15, -0.1) is 22.7 Å². The Kier molecular flexibility index (Phi) is 5.03. The molecule has 3 aromatic rings. The number of aliphatic hydroxyl groups excluding tert-OH is 1. The van der Waals surface area contributed by atoms with Crippen LogP contribution in [0.25, 0.3) is 10.8 Å². The number of likely N-dealkylation sites (tertiary alicyclic amines) is 1. The highest BCUT2D eigenvalue weighted by Gasteiger charge is 2.27. The van der Waals surface area contributed by atoms with Gasteiger partial charge in [-0.2, -0.15) is 0 Å². The highest BCUT2D eigenvalue weighted by molar-refractivity contribution is 7.13. The molecule has 1 fully saturated rings. The van der Waals surface area contributed by atoms with Crippen molar-refractivity contribution in [1.29, 1.82) is 0 Å². The number of oxazole rings is 1. The molecular formula is C19H22N2O2S2. The molecule has 1 aliphatic heterocycles. The molecule has 1 saturated heterocycles. The van der Waals surface area contributed by atoms with Crippen molar-refractivity contribution in [2.24, 2.45) is 5.92 Å². The van der Waals surface area contributed by atoms with E-state index in [9.17, 15) is 5.11 Å². The minimum atomic E-state index is -0.318. The summed E-state index contributed by atoms with van der Waals surface area (Å²) in [4.78, 5) is 9.28. The Bertz CT molecular complexity index is 788. The summed E-state index contributed by atoms with van der Waals surface area (Å²) in [6, 6.07) is 8.10. The maximum Gasteiger partial charge on any atom is 0.236 e. The number of thiophene rings is 2. The minimum Gasteiger partial charge on any atom is -0.440 e. The molecule has 6 heteroatoms. The van der Waals surface area contributed by atoms with E-state index in [1.165, 1.54) is 0 Å². The van der Waals surface area contributed by atoms with Gasteiger partial charge in [0.2, 0.25) is 5.89 Å². The van der Waals surface area contributed by atoms with Crippen molar-refractivity contribution >= 4 is 22.7 Å². The number of aliphatic hydroxyl groups is 1. The van der Waals surface area contributed by atoms with E-state index in [0.29, 0.717) is 5.92 Å². The van der Waals surface area contributed by atoms with Crippen LogP contribution in [0.4, 0.5) is 0 Å². The van der Waals surface area contributed by atoms with Crippen LogP contribution in [0.2, 0.25) is 0 Å². The first kappa shape index (κ1) is 17.0. The van der Waals surface area contributed by atoms with Crippen LogP contribution in [0.3, 0.4) is 0 Å². The van der Waals surface area contributed by atoms with Crippen molar-refractivity contribution in [3.05, 3.63) is 51.4 Å². The standard InChI is InChI=1S/C19H22N2O2S2/c1-13-15(20-19(23-13)17-5-3-11-25-17)12-21-8-6-14(7-9-21)18(22)16-4-2-10-24-16/h2-5,10-11,14,18,22H,6-9,12H2,1H3/t18-/m0/s1. The molecule has 4 rings (SSSR count). The van der Waals surface area contributed by atoms with E-state index in [-0.39, 0.29) is 6.10 Å². The minimum absolute atomic E-state index is 0.318. The number of hydrogen-bond donors (Lipinski definition) is 1. The maximum atomic E-state index is 10.5. The van der Waals surface area contributed by atoms with Gasteiger partial charge < -0.3 is 9.52 Å². The highest BCUT2D eigenvalue weighted by atomic mass is 32.1. The maximum absolute atomic E-state index is 10.5. The van der Waals surface area contributed by atoms with Crippen LogP contribution in [-0.4, -0.2) is 28.1 Å². The smallest absolute Gasteiger partial charge is 0.236 e. The van der Waals surface area contributed by atoms with Crippen LogP contribution >= 0.6 is 22.7 Å². The van der Waals surface area contributed by atoms with E-state index in [2.05, 4.69) is 4.90 Å². The fraction of sp³-hybridized carbons (Fsp3) is 0.421. The normalized spacial score (nSPS) is 17.8. The lowest BCUT2D eigenvalue weighted by atomic mass is 9.90. The molecule has 0 aliphatic carbocycles. The molecule has 0 unspecified atom stereocenters. The Morgan fingerprint density at radius 1 is 1.24 bits per heavy atom. The van der Waals surface area contributed by atoms with Gasteiger partial charge in [0.05, 0.1) is 16.7 Å². The Morgan fingerprint density at radius 2 is 2.00 bits per heavy atom. The molecule has 25 heavy (non-hydrogen) atoms. The molecule has 0 bridgehead atoms. The van der Waals surface area contributed by atoms with Crippen LogP contribution in [0.15, 0.2) is 39.4 Å². The fourth-order valence-electron chi connectivity index (χ4n) is 3.41. The van der Waals surface area contributed by atoms with E-state index in [4.69, 9.17) is 9.40 Å². The number of rotatable bonds is 5. The second-order valence-electron chi connectivity index (χ2n) is 6.57. The van der Waals surface area contributed by atoms with Gasteiger partial charge in [0.1, 0.15) is 5.76 Å². The zero-order valence-electron chi connectivity index (χ0n) is 14.2. The van der Waals surface area contributed by atoms with Gasteiger partial charge in [-0.05, 0) is 61.7 Å². The number of nitrogens with zero attached hydrogens (tertiary/aromatic N) is 2. The summed E-state index contributed by atoms with van der Waals surface area (Å²) >= 11 is 3.30. The van der Waals surface area contributed by atoms with Crippen molar-refractivity contribution in [3.63, 3.8) is 0 Å². The SMILES string of the molecule is Cc1oc(-c2cccs2)nc1CN1CCC([C@H](O)c2cccs2)CC1. The van der Waals surface area contributed by atoms with E-state index >= 15 is 0 Å². The fourth-order valence-corrected chi connectivity index (χ4v) is 4.86. The molecule has 3 aromatic heterocycles. The van der Waals surface area contributed by atoms with E-state index in [1.54, 1.807) is 22.7 Å². The predicted molar refractivity (Wildman–Crippen MR) is 102 cm³/mol. The molecule has 0 spiro atoms. The van der Waals surface area contributed by atoms with Gasteiger partial charge >= 0.3 is 0 Å². The first-order chi connectivity index (χ1) is 12.2. The van der Waals surface area contributed by atoms with Crippen LogP contribution in [0.5, 0.6) is 0 Å². The van der Waals surface area contributed by atoms with Gasteiger partial charge in [0.25, 0.3) is 0 Å². The zero-order chi connectivity index (χ0) is 17.2. The third-order valence-electron chi connectivity index (χ3n) is 4.91. The molecule has 1 N–H and O–H groups in total. The van der Waals surface area contributed by atoms with Crippen molar-refractivity contribution in [3.8, 4) is 10.8 Å². The van der Waals surface area contributed by atoms with E-state index in [0.717, 1.165) is 59.6 Å². The lowest BCUT2D eigenvalue weighted by Crippen LogP contribution is -2.35. The summed E-state index contributed by atoms with van der Waals surface area (Å²) in [5.74, 6) is 1.99. The van der Waals surface area contributed by atoms with Crippen molar-refractivity contribution < 1.29 is 9.52 Å². The molecule has 0 saturated carbocycles. The Balaban J connectivity index is 1.36. The van der Waals surface area contributed by atoms with Crippen molar-refractivity contribution in [1.82, 2.24) is 9.88 Å². The summed E-state index contributed by atoms with van der Waals surface area (Å²) in [7, 11) is 0. The number of aryl methyl sites for hydroxylation is 1. The monoisotopic (exact) mass is 374 g/mol. The lowest BCUT2D eigenvalue weighted by Gasteiger charge is -2.33.